The monoisotopic (exact) mass is 180 g/mol. The SMILES string of the molecule is CCS(=O)(=O)N[C@@H](C)C(N)=O. The van der Waals surface area contributed by atoms with Crippen LogP contribution >= 0.6 is 0 Å². The number of hydrogen-bond acceptors (Lipinski definition) is 3. The van der Waals surface area contributed by atoms with Crippen LogP contribution in [0.4, 0.5) is 0 Å². The fourth-order valence-corrected chi connectivity index (χ4v) is 1.23. The third-order valence-electron chi connectivity index (χ3n) is 1.16. The molecule has 0 aromatic rings. The first-order valence-corrected chi connectivity index (χ1v) is 4.83. The molecule has 5 nitrogen and oxygen atoms in total. The van der Waals surface area contributed by atoms with Gasteiger partial charge in [-0.25, -0.2) is 13.1 Å². The van der Waals surface area contributed by atoms with Crippen molar-refractivity contribution in [2.45, 2.75) is 19.9 Å². The molecule has 0 aliphatic heterocycles. The Morgan fingerprint density at radius 1 is 1.64 bits per heavy atom. The Bertz CT molecular complexity index is 234. The average molecular weight is 180 g/mol. The summed E-state index contributed by atoms with van der Waals surface area (Å²) >= 11 is 0. The van der Waals surface area contributed by atoms with Gasteiger partial charge in [-0.1, -0.05) is 0 Å². The minimum atomic E-state index is -3.31. The summed E-state index contributed by atoms with van der Waals surface area (Å²) in [7, 11) is -3.31. The Kier molecular flexibility index (Phi) is 3.47. The third kappa shape index (κ3) is 3.94. The zero-order valence-electron chi connectivity index (χ0n) is 6.49. The van der Waals surface area contributed by atoms with Gasteiger partial charge in [-0.3, -0.25) is 4.79 Å². The van der Waals surface area contributed by atoms with E-state index >= 15 is 0 Å². The van der Waals surface area contributed by atoms with E-state index in [1.165, 1.54) is 13.8 Å². The molecule has 0 aliphatic carbocycles. The molecule has 0 bridgehead atoms. The van der Waals surface area contributed by atoms with Gasteiger partial charge in [0.25, 0.3) is 0 Å². The molecule has 0 saturated carbocycles. The van der Waals surface area contributed by atoms with Crippen LogP contribution in [0.5, 0.6) is 0 Å². The van der Waals surface area contributed by atoms with Crippen LogP contribution in [0, 0.1) is 0 Å². The lowest BCUT2D eigenvalue weighted by Crippen LogP contribution is -2.42. The molecular weight excluding hydrogens is 168 g/mol. The van der Waals surface area contributed by atoms with Crippen LogP contribution < -0.4 is 10.5 Å². The maximum Gasteiger partial charge on any atom is 0.235 e. The standard InChI is InChI=1S/C5H12N2O3S/c1-3-11(9,10)7-4(2)5(6)8/h4,7H,3H2,1-2H3,(H2,6,8)/t4-/m0/s1. The van der Waals surface area contributed by atoms with Crippen molar-refractivity contribution in [3.8, 4) is 0 Å². The van der Waals surface area contributed by atoms with Crippen molar-refractivity contribution in [2.24, 2.45) is 5.73 Å². The Morgan fingerprint density at radius 2 is 2.09 bits per heavy atom. The summed E-state index contributed by atoms with van der Waals surface area (Å²) in [5.74, 6) is -0.730. The largest absolute Gasteiger partial charge is 0.368 e. The molecule has 11 heavy (non-hydrogen) atoms. The van der Waals surface area contributed by atoms with Gasteiger partial charge >= 0.3 is 0 Å². The van der Waals surface area contributed by atoms with Gasteiger partial charge in [0.05, 0.1) is 11.8 Å². The fourth-order valence-electron chi connectivity index (χ4n) is 0.411. The predicted molar refractivity (Wildman–Crippen MR) is 41.3 cm³/mol. The van der Waals surface area contributed by atoms with E-state index in [2.05, 4.69) is 4.72 Å². The van der Waals surface area contributed by atoms with Crippen molar-refractivity contribution in [2.75, 3.05) is 5.75 Å². The first kappa shape index (κ1) is 10.4. The quantitative estimate of drug-likeness (QED) is 0.569. The van der Waals surface area contributed by atoms with Crippen LogP contribution in [0.25, 0.3) is 0 Å². The van der Waals surface area contributed by atoms with Gasteiger partial charge in [-0.05, 0) is 13.8 Å². The summed E-state index contributed by atoms with van der Waals surface area (Å²) in [6, 6.07) is -0.833. The highest BCUT2D eigenvalue weighted by atomic mass is 32.2. The molecule has 6 heteroatoms. The summed E-state index contributed by atoms with van der Waals surface area (Å²) in [5.41, 5.74) is 4.83. The van der Waals surface area contributed by atoms with Crippen LogP contribution in [0.15, 0.2) is 0 Å². The van der Waals surface area contributed by atoms with E-state index in [0.717, 1.165) is 0 Å². The Hall–Kier alpha value is -0.620. The first-order chi connectivity index (χ1) is 4.89. The number of rotatable bonds is 4. The predicted octanol–water partition coefficient (Wildman–Crippen LogP) is -1.20. The van der Waals surface area contributed by atoms with Gasteiger partial charge in [-0.15, -0.1) is 0 Å². The highest BCUT2D eigenvalue weighted by molar-refractivity contribution is 7.89. The third-order valence-corrected chi connectivity index (χ3v) is 2.64. The van der Waals surface area contributed by atoms with Crippen molar-refractivity contribution in [3.05, 3.63) is 0 Å². The van der Waals surface area contributed by atoms with Crippen molar-refractivity contribution in [3.63, 3.8) is 0 Å². The zero-order chi connectivity index (χ0) is 9.07. The lowest BCUT2D eigenvalue weighted by Gasteiger charge is -2.08. The summed E-state index contributed by atoms with van der Waals surface area (Å²) < 4.78 is 23.7. The highest BCUT2D eigenvalue weighted by Gasteiger charge is 2.15. The number of nitrogens with two attached hydrogens (primary N) is 1. The molecule has 0 fully saturated rings. The average Bonchev–Trinajstić information content (AvgIpc) is 1.87. The molecular formula is C5H12N2O3S. The van der Waals surface area contributed by atoms with Gasteiger partial charge in [0, 0.05) is 0 Å². The Morgan fingerprint density at radius 3 is 2.36 bits per heavy atom. The Labute approximate surface area is 66.0 Å². The van der Waals surface area contributed by atoms with Gasteiger partial charge in [0.2, 0.25) is 15.9 Å². The van der Waals surface area contributed by atoms with Crippen molar-refractivity contribution < 1.29 is 13.2 Å². The molecule has 0 spiro atoms. The molecule has 0 radical (unpaired) electrons. The highest BCUT2D eigenvalue weighted by Crippen LogP contribution is 1.87. The number of hydrogen-bond donors (Lipinski definition) is 2. The number of amides is 1. The second-order valence-electron chi connectivity index (χ2n) is 2.15. The van der Waals surface area contributed by atoms with Crippen molar-refractivity contribution >= 4 is 15.9 Å². The molecule has 66 valence electrons. The maximum absolute atomic E-state index is 10.8. The van der Waals surface area contributed by atoms with Gasteiger partial charge in [0.1, 0.15) is 0 Å². The topological polar surface area (TPSA) is 89.3 Å². The summed E-state index contributed by atoms with van der Waals surface area (Å²) in [4.78, 5) is 10.4. The molecule has 0 saturated heterocycles. The summed E-state index contributed by atoms with van der Waals surface area (Å²) in [6.45, 7) is 2.88. The smallest absolute Gasteiger partial charge is 0.235 e. The lowest BCUT2D eigenvalue weighted by molar-refractivity contribution is -0.119. The second kappa shape index (κ2) is 3.68. The number of primary amides is 1. The maximum atomic E-state index is 10.8. The number of carbonyl (C=O) groups excluding carboxylic acids is 1. The molecule has 0 aromatic heterocycles. The fraction of sp³-hybridized carbons (Fsp3) is 0.800. The van der Waals surface area contributed by atoms with Crippen LogP contribution in [0.2, 0.25) is 0 Å². The molecule has 0 rings (SSSR count). The van der Waals surface area contributed by atoms with Gasteiger partial charge < -0.3 is 5.73 Å². The van der Waals surface area contributed by atoms with Crippen LogP contribution in [0.1, 0.15) is 13.8 Å². The van der Waals surface area contributed by atoms with E-state index in [1.807, 2.05) is 0 Å². The first-order valence-electron chi connectivity index (χ1n) is 3.18. The number of sulfonamides is 1. The lowest BCUT2D eigenvalue weighted by atomic mass is 10.4. The molecule has 0 heterocycles. The molecule has 0 aliphatic rings. The summed E-state index contributed by atoms with van der Waals surface area (Å²) in [5, 5.41) is 0. The van der Waals surface area contributed by atoms with Gasteiger partial charge in [0.15, 0.2) is 0 Å². The molecule has 0 aromatic carbocycles. The van der Waals surface area contributed by atoms with E-state index in [9.17, 15) is 13.2 Å². The van der Waals surface area contributed by atoms with Crippen LogP contribution in [-0.4, -0.2) is 26.1 Å². The second-order valence-corrected chi connectivity index (χ2v) is 4.19. The van der Waals surface area contributed by atoms with E-state index in [1.54, 1.807) is 0 Å². The Balaban J connectivity index is 4.16. The van der Waals surface area contributed by atoms with Crippen molar-refractivity contribution in [1.29, 1.82) is 0 Å². The minimum Gasteiger partial charge on any atom is -0.368 e. The van der Waals surface area contributed by atoms with E-state index in [-0.39, 0.29) is 5.75 Å². The van der Waals surface area contributed by atoms with E-state index in [4.69, 9.17) is 5.73 Å². The summed E-state index contributed by atoms with van der Waals surface area (Å²) in [6.07, 6.45) is 0. The van der Waals surface area contributed by atoms with Gasteiger partial charge in [-0.2, -0.15) is 0 Å². The molecule has 1 amide bonds. The van der Waals surface area contributed by atoms with E-state index in [0.29, 0.717) is 0 Å². The molecule has 3 N–H and O–H groups in total. The van der Waals surface area contributed by atoms with Crippen molar-refractivity contribution in [1.82, 2.24) is 4.72 Å². The normalized spacial score (nSPS) is 14.4. The van der Waals surface area contributed by atoms with Crippen LogP contribution in [-0.2, 0) is 14.8 Å². The van der Waals surface area contributed by atoms with E-state index < -0.39 is 22.0 Å². The molecule has 0 unspecified atom stereocenters. The number of carbonyl (C=O) groups is 1. The number of nitrogens with one attached hydrogen (secondary N) is 1. The minimum absolute atomic E-state index is 0.0510. The zero-order valence-corrected chi connectivity index (χ0v) is 7.31. The molecule has 1 atom stereocenters. The van der Waals surface area contributed by atoms with Crippen LogP contribution in [0.3, 0.4) is 0 Å².